The number of rotatable bonds is 6. The van der Waals surface area contributed by atoms with Crippen LogP contribution in [0.15, 0.2) is 60.9 Å². The summed E-state index contributed by atoms with van der Waals surface area (Å²) in [6.45, 7) is 0.238. The zero-order valence-electron chi connectivity index (χ0n) is 17.3. The Morgan fingerprint density at radius 3 is 2.77 bits per heavy atom. The van der Waals surface area contributed by atoms with Crippen molar-refractivity contribution in [2.24, 2.45) is 13.0 Å². The summed E-state index contributed by atoms with van der Waals surface area (Å²) in [5, 5.41) is 2.97. The average Bonchev–Trinajstić information content (AvgIpc) is 3.37. The van der Waals surface area contributed by atoms with E-state index in [2.05, 4.69) is 10.3 Å². The molecule has 0 aliphatic carbocycles. The lowest BCUT2D eigenvalue weighted by Crippen LogP contribution is -2.37. The first-order chi connectivity index (χ1) is 15.0. The van der Waals surface area contributed by atoms with E-state index in [9.17, 15) is 14.0 Å². The van der Waals surface area contributed by atoms with Crippen molar-refractivity contribution in [1.82, 2.24) is 14.9 Å². The maximum absolute atomic E-state index is 13.9. The first-order valence-corrected chi connectivity index (χ1v) is 9.94. The normalized spacial score (nSPS) is 16.9. The van der Waals surface area contributed by atoms with Gasteiger partial charge in [0.2, 0.25) is 11.8 Å². The molecule has 2 atom stereocenters. The van der Waals surface area contributed by atoms with Crippen molar-refractivity contribution in [3.63, 3.8) is 0 Å². The Hall–Kier alpha value is -3.68. The molecule has 2 unspecified atom stereocenters. The average molecular weight is 422 g/mol. The number of aromatic nitrogens is 2. The number of benzene rings is 2. The van der Waals surface area contributed by atoms with Gasteiger partial charge in [-0.05, 0) is 29.8 Å². The minimum atomic E-state index is -0.640. The number of imidazole rings is 1. The Labute approximate surface area is 179 Å². The smallest absolute Gasteiger partial charge is 0.227 e. The number of anilines is 1. The van der Waals surface area contributed by atoms with Crippen molar-refractivity contribution in [1.29, 1.82) is 0 Å². The second kappa shape index (κ2) is 8.59. The SMILES string of the molecule is COc1ccccc1N1CC(C(=O)NC(c2cccc(F)c2)c2nccn2C)CC1=O. The number of hydrogen-bond donors (Lipinski definition) is 1. The van der Waals surface area contributed by atoms with Crippen molar-refractivity contribution in [3.8, 4) is 5.75 Å². The highest BCUT2D eigenvalue weighted by molar-refractivity contribution is 6.01. The number of nitrogens with zero attached hydrogens (tertiary/aromatic N) is 3. The Kier molecular flexibility index (Phi) is 5.70. The highest BCUT2D eigenvalue weighted by atomic mass is 19.1. The zero-order valence-corrected chi connectivity index (χ0v) is 17.3. The molecule has 31 heavy (non-hydrogen) atoms. The van der Waals surface area contributed by atoms with E-state index in [1.165, 1.54) is 12.1 Å². The van der Waals surface area contributed by atoms with Gasteiger partial charge < -0.3 is 19.5 Å². The van der Waals surface area contributed by atoms with Gasteiger partial charge >= 0.3 is 0 Å². The quantitative estimate of drug-likeness (QED) is 0.663. The predicted molar refractivity (Wildman–Crippen MR) is 113 cm³/mol. The zero-order chi connectivity index (χ0) is 22.0. The fourth-order valence-electron chi connectivity index (χ4n) is 3.87. The minimum Gasteiger partial charge on any atom is -0.495 e. The lowest BCUT2D eigenvalue weighted by molar-refractivity contribution is -0.126. The fourth-order valence-corrected chi connectivity index (χ4v) is 3.87. The Morgan fingerprint density at radius 1 is 1.26 bits per heavy atom. The number of aryl methyl sites for hydroxylation is 1. The van der Waals surface area contributed by atoms with Crippen LogP contribution in [0.2, 0.25) is 0 Å². The van der Waals surface area contributed by atoms with Gasteiger partial charge in [0.25, 0.3) is 0 Å². The lowest BCUT2D eigenvalue weighted by Gasteiger charge is -2.22. The molecule has 8 heteroatoms. The van der Waals surface area contributed by atoms with Gasteiger partial charge in [-0.2, -0.15) is 0 Å². The third kappa shape index (κ3) is 4.14. The molecule has 1 N–H and O–H groups in total. The molecule has 7 nitrogen and oxygen atoms in total. The molecule has 1 aliphatic rings. The lowest BCUT2D eigenvalue weighted by atomic mass is 10.0. The van der Waals surface area contributed by atoms with E-state index in [4.69, 9.17) is 4.74 Å². The van der Waals surface area contributed by atoms with Gasteiger partial charge in [0.05, 0.1) is 18.7 Å². The fraction of sp³-hybridized carbons (Fsp3) is 0.261. The topological polar surface area (TPSA) is 76.5 Å². The number of para-hydroxylation sites is 2. The standard InChI is InChI=1S/C23H23FN4O3/c1-27-11-10-25-22(27)21(15-6-5-7-17(24)12-15)26-23(30)16-13-20(29)28(14-16)18-8-3-4-9-19(18)31-2/h3-12,16,21H,13-14H2,1-2H3,(H,26,30). The Morgan fingerprint density at radius 2 is 2.06 bits per heavy atom. The number of ether oxygens (including phenoxy) is 1. The summed E-state index contributed by atoms with van der Waals surface area (Å²) in [6.07, 6.45) is 3.47. The summed E-state index contributed by atoms with van der Waals surface area (Å²) in [7, 11) is 3.35. The van der Waals surface area contributed by atoms with Gasteiger partial charge in [-0.1, -0.05) is 24.3 Å². The van der Waals surface area contributed by atoms with Crippen LogP contribution < -0.4 is 15.0 Å². The van der Waals surface area contributed by atoms with Crippen LogP contribution in [-0.4, -0.2) is 35.0 Å². The maximum Gasteiger partial charge on any atom is 0.227 e. The highest BCUT2D eigenvalue weighted by Gasteiger charge is 2.37. The number of hydrogen-bond acceptors (Lipinski definition) is 4. The highest BCUT2D eigenvalue weighted by Crippen LogP contribution is 2.33. The van der Waals surface area contributed by atoms with Crippen molar-refractivity contribution in [2.75, 3.05) is 18.6 Å². The third-order valence-corrected chi connectivity index (χ3v) is 5.46. The molecule has 0 saturated carbocycles. The van der Waals surface area contributed by atoms with Crippen molar-refractivity contribution in [3.05, 3.63) is 78.1 Å². The summed E-state index contributed by atoms with van der Waals surface area (Å²) >= 11 is 0. The molecule has 0 bridgehead atoms. The number of halogens is 1. The summed E-state index contributed by atoms with van der Waals surface area (Å²) in [5.41, 5.74) is 1.21. The van der Waals surface area contributed by atoms with Gasteiger partial charge in [-0.3, -0.25) is 9.59 Å². The molecule has 2 heterocycles. The van der Waals surface area contributed by atoms with Gasteiger partial charge in [0, 0.05) is 32.4 Å². The number of carbonyl (C=O) groups is 2. The maximum atomic E-state index is 13.9. The first-order valence-electron chi connectivity index (χ1n) is 9.94. The predicted octanol–water partition coefficient (Wildman–Crippen LogP) is 2.83. The molecule has 1 aliphatic heterocycles. The second-order valence-corrected chi connectivity index (χ2v) is 7.47. The van der Waals surface area contributed by atoms with E-state index >= 15 is 0 Å². The first kappa shape index (κ1) is 20.6. The van der Waals surface area contributed by atoms with E-state index in [0.29, 0.717) is 22.8 Å². The minimum absolute atomic E-state index is 0.0836. The molecule has 3 aromatic rings. The molecular formula is C23H23FN4O3. The Balaban J connectivity index is 1.57. The van der Waals surface area contributed by atoms with Crippen LogP contribution in [0.1, 0.15) is 23.9 Å². The van der Waals surface area contributed by atoms with Gasteiger partial charge in [-0.15, -0.1) is 0 Å². The number of methoxy groups -OCH3 is 1. The monoisotopic (exact) mass is 422 g/mol. The summed E-state index contributed by atoms with van der Waals surface area (Å²) in [5.74, 6) is -0.238. The van der Waals surface area contributed by atoms with Crippen LogP contribution in [-0.2, 0) is 16.6 Å². The molecule has 2 aromatic carbocycles. The molecular weight excluding hydrogens is 399 g/mol. The van der Waals surface area contributed by atoms with Gasteiger partial charge in [0.15, 0.2) is 0 Å². The van der Waals surface area contributed by atoms with E-state index in [0.717, 1.165) is 0 Å². The van der Waals surface area contributed by atoms with Crippen LogP contribution >= 0.6 is 0 Å². The largest absolute Gasteiger partial charge is 0.495 e. The number of amides is 2. The third-order valence-electron chi connectivity index (χ3n) is 5.46. The van der Waals surface area contributed by atoms with Crippen LogP contribution in [0.25, 0.3) is 0 Å². The Bertz CT molecular complexity index is 1110. The van der Waals surface area contributed by atoms with E-state index in [-0.39, 0.29) is 24.8 Å². The molecule has 160 valence electrons. The molecule has 1 saturated heterocycles. The number of nitrogens with one attached hydrogen (secondary N) is 1. The molecule has 0 spiro atoms. The van der Waals surface area contributed by atoms with E-state index in [1.807, 2.05) is 19.2 Å². The van der Waals surface area contributed by atoms with Crippen molar-refractivity contribution in [2.45, 2.75) is 12.5 Å². The molecule has 4 rings (SSSR count). The van der Waals surface area contributed by atoms with Gasteiger partial charge in [-0.25, -0.2) is 9.37 Å². The molecule has 1 aromatic heterocycles. The molecule has 2 amide bonds. The second-order valence-electron chi connectivity index (χ2n) is 7.47. The van der Waals surface area contributed by atoms with Crippen molar-refractivity contribution >= 4 is 17.5 Å². The summed E-state index contributed by atoms with van der Waals surface area (Å²) in [6, 6.07) is 12.6. The van der Waals surface area contributed by atoms with Crippen LogP contribution in [0.5, 0.6) is 5.75 Å². The number of carbonyl (C=O) groups excluding carboxylic acids is 2. The molecule has 0 radical (unpaired) electrons. The van der Waals surface area contributed by atoms with Crippen LogP contribution in [0, 0.1) is 11.7 Å². The van der Waals surface area contributed by atoms with E-state index in [1.54, 1.807) is 53.2 Å². The summed E-state index contributed by atoms with van der Waals surface area (Å²) in [4.78, 5) is 31.7. The summed E-state index contributed by atoms with van der Waals surface area (Å²) < 4.78 is 21.0. The van der Waals surface area contributed by atoms with Crippen LogP contribution in [0.4, 0.5) is 10.1 Å². The molecule has 1 fully saturated rings. The van der Waals surface area contributed by atoms with Crippen molar-refractivity contribution < 1.29 is 18.7 Å². The van der Waals surface area contributed by atoms with Gasteiger partial charge in [0.1, 0.15) is 23.4 Å². The van der Waals surface area contributed by atoms with Crippen LogP contribution in [0.3, 0.4) is 0 Å². The van der Waals surface area contributed by atoms with E-state index < -0.39 is 17.8 Å².